The standard InChI is InChI=1S/C13H10BrF2NO3S/c14-13-8(2-1-3-10(13)16)7-20-11-5-4-9(15)6-12(11)21(17,18)19/h1-6H,7H2,(H2,17,18,19). The highest BCUT2D eigenvalue weighted by Gasteiger charge is 2.17. The van der Waals surface area contributed by atoms with Gasteiger partial charge in [0, 0.05) is 5.56 Å². The van der Waals surface area contributed by atoms with Crippen molar-refractivity contribution < 1.29 is 21.9 Å². The molecule has 2 rings (SSSR count). The minimum Gasteiger partial charge on any atom is -0.487 e. The lowest BCUT2D eigenvalue weighted by Crippen LogP contribution is -2.14. The van der Waals surface area contributed by atoms with Crippen LogP contribution in [0, 0.1) is 11.6 Å². The fourth-order valence-electron chi connectivity index (χ4n) is 1.64. The normalized spacial score (nSPS) is 11.4. The lowest BCUT2D eigenvalue weighted by molar-refractivity contribution is 0.295. The van der Waals surface area contributed by atoms with E-state index >= 15 is 0 Å². The summed E-state index contributed by atoms with van der Waals surface area (Å²) in [4.78, 5) is -0.463. The number of sulfonamides is 1. The van der Waals surface area contributed by atoms with Crippen molar-refractivity contribution in [3.05, 3.63) is 58.1 Å². The Labute approximate surface area is 128 Å². The zero-order valence-corrected chi connectivity index (χ0v) is 12.9. The number of primary sulfonamides is 1. The van der Waals surface area contributed by atoms with Crippen molar-refractivity contribution in [1.82, 2.24) is 0 Å². The lowest BCUT2D eigenvalue weighted by Gasteiger charge is -2.11. The molecule has 0 fully saturated rings. The van der Waals surface area contributed by atoms with E-state index in [2.05, 4.69) is 15.9 Å². The molecule has 112 valence electrons. The number of benzene rings is 2. The van der Waals surface area contributed by atoms with E-state index in [0.29, 0.717) is 5.56 Å². The van der Waals surface area contributed by atoms with Gasteiger partial charge in [-0.25, -0.2) is 22.3 Å². The predicted octanol–water partition coefficient (Wildman–Crippen LogP) is 2.95. The minimum absolute atomic E-state index is 0.102. The predicted molar refractivity (Wildman–Crippen MR) is 76.2 cm³/mol. The maximum Gasteiger partial charge on any atom is 0.241 e. The van der Waals surface area contributed by atoms with Crippen molar-refractivity contribution in [3.63, 3.8) is 0 Å². The van der Waals surface area contributed by atoms with E-state index in [1.165, 1.54) is 12.1 Å². The van der Waals surface area contributed by atoms with Gasteiger partial charge >= 0.3 is 0 Å². The van der Waals surface area contributed by atoms with Crippen LogP contribution in [0.5, 0.6) is 5.75 Å². The highest BCUT2D eigenvalue weighted by atomic mass is 79.9. The van der Waals surface area contributed by atoms with Crippen LogP contribution in [-0.4, -0.2) is 8.42 Å². The Morgan fingerprint density at radius 3 is 2.57 bits per heavy atom. The van der Waals surface area contributed by atoms with Crippen LogP contribution in [0.3, 0.4) is 0 Å². The molecular formula is C13H10BrF2NO3S. The van der Waals surface area contributed by atoms with Gasteiger partial charge in [0.1, 0.15) is 28.9 Å². The summed E-state index contributed by atoms with van der Waals surface area (Å²) in [7, 11) is -4.13. The molecule has 2 aromatic rings. The third-order valence-electron chi connectivity index (χ3n) is 2.63. The van der Waals surface area contributed by atoms with Gasteiger partial charge in [-0.3, -0.25) is 0 Å². The zero-order valence-electron chi connectivity index (χ0n) is 10.5. The van der Waals surface area contributed by atoms with E-state index in [1.54, 1.807) is 6.07 Å². The van der Waals surface area contributed by atoms with E-state index in [1.807, 2.05) is 0 Å². The quantitative estimate of drug-likeness (QED) is 0.890. The monoisotopic (exact) mass is 377 g/mol. The van der Waals surface area contributed by atoms with Gasteiger partial charge in [-0.2, -0.15) is 0 Å². The smallest absolute Gasteiger partial charge is 0.241 e. The van der Waals surface area contributed by atoms with Gasteiger partial charge in [-0.05, 0) is 40.2 Å². The Morgan fingerprint density at radius 1 is 1.19 bits per heavy atom. The van der Waals surface area contributed by atoms with E-state index in [-0.39, 0.29) is 16.8 Å². The molecule has 0 unspecified atom stereocenters. The van der Waals surface area contributed by atoms with E-state index in [0.717, 1.165) is 18.2 Å². The summed E-state index contributed by atoms with van der Waals surface area (Å²) >= 11 is 3.07. The average Bonchev–Trinajstić information content (AvgIpc) is 2.40. The molecule has 4 nitrogen and oxygen atoms in total. The Hall–Kier alpha value is -1.51. The number of halogens is 3. The van der Waals surface area contributed by atoms with Crippen molar-refractivity contribution in [2.75, 3.05) is 0 Å². The van der Waals surface area contributed by atoms with Gasteiger partial charge in [0.05, 0.1) is 4.47 Å². The first-order chi connectivity index (χ1) is 9.79. The largest absolute Gasteiger partial charge is 0.487 e. The molecule has 2 N–H and O–H groups in total. The molecule has 0 aliphatic rings. The maximum absolute atomic E-state index is 13.4. The molecule has 2 aromatic carbocycles. The third kappa shape index (κ3) is 3.78. The molecule has 0 bridgehead atoms. The Bertz CT molecular complexity index is 781. The first-order valence-corrected chi connectivity index (χ1v) is 8.01. The second kappa shape index (κ2) is 6.08. The first kappa shape index (κ1) is 15.9. The molecule has 0 aliphatic heterocycles. The van der Waals surface area contributed by atoms with Crippen LogP contribution in [0.4, 0.5) is 8.78 Å². The van der Waals surface area contributed by atoms with E-state index in [9.17, 15) is 17.2 Å². The average molecular weight is 378 g/mol. The van der Waals surface area contributed by atoms with Crippen LogP contribution < -0.4 is 9.88 Å². The van der Waals surface area contributed by atoms with Gasteiger partial charge < -0.3 is 4.74 Å². The Balaban J connectivity index is 2.31. The second-order valence-electron chi connectivity index (χ2n) is 4.14. The Kier molecular flexibility index (Phi) is 4.60. The van der Waals surface area contributed by atoms with Gasteiger partial charge in [-0.1, -0.05) is 12.1 Å². The fraction of sp³-hybridized carbons (Fsp3) is 0.0769. The summed E-state index contributed by atoms with van der Waals surface area (Å²) in [6.07, 6.45) is 0. The molecule has 0 radical (unpaired) electrons. The highest BCUT2D eigenvalue weighted by Crippen LogP contribution is 2.26. The number of nitrogens with two attached hydrogens (primary N) is 1. The molecule has 0 saturated heterocycles. The summed E-state index contributed by atoms with van der Waals surface area (Å²) in [5, 5.41) is 5.01. The summed E-state index contributed by atoms with van der Waals surface area (Å²) in [6.45, 7) is -0.105. The summed E-state index contributed by atoms with van der Waals surface area (Å²) in [6, 6.07) is 7.33. The molecule has 0 heterocycles. The Morgan fingerprint density at radius 2 is 1.90 bits per heavy atom. The second-order valence-corrected chi connectivity index (χ2v) is 6.46. The van der Waals surface area contributed by atoms with Gasteiger partial charge in [-0.15, -0.1) is 0 Å². The molecule has 0 aliphatic carbocycles. The first-order valence-electron chi connectivity index (χ1n) is 5.67. The van der Waals surface area contributed by atoms with Crippen molar-refractivity contribution in [2.45, 2.75) is 11.5 Å². The molecule has 0 spiro atoms. The molecule has 8 heteroatoms. The van der Waals surface area contributed by atoms with E-state index in [4.69, 9.17) is 9.88 Å². The van der Waals surface area contributed by atoms with Crippen LogP contribution in [-0.2, 0) is 16.6 Å². The molecular weight excluding hydrogens is 368 g/mol. The van der Waals surface area contributed by atoms with Crippen LogP contribution in [0.15, 0.2) is 45.8 Å². The van der Waals surface area contributed by atoms with Crippen LogP contribution >= 0.6 is 15.9 Å². The van der Waals surface area contributed by atoms with Crippen molar-refractivity contribution in [2.24, 2.45) is 5.14 Å². The summed E-state index contributed by atoms with van der Waals surface area (Å²) in [5.41, 5.74) is 0.472. The SMILES string of the molecule is NS(=O)(=O)c1cc(F)ccc1OCc1cccc(F)c1Br. The summed E-state index contributed by atoms with van der Waals surface area (Å²) < 4.78 is 54.8. The fourth-order valence-corrected chi connectivity index (χ4v) is 2.70. The molecule has 0 aromatic heterocycles. The number of ether oxygens (including phenoxy) is 1. The summed E-state index contributed by atoms with van der Waals surface area (Å²) in [5.74, 6) is -1.32. The van der Waals surface area contributed by atoms with Crippen molar-refractivity contribution in [3.8, 4) is 5.75 Å². The topological polar surface area (TPSA) is 69.4 Å². The van der Waals surface area contributed by atoms with Crippen LogP contribution in [0.1, 0.15) is 5.56 Å². The van der Waals surface area contributed by atoms with Crippen LogP contribution in [0.2, 0.25) is 0 Å². The number of rotatable bonds is 4. The van der Waals surface area contributed by atoms with Gasteiger partial charge in [0.25, 0.3) is 0 Å². The molecule has 21 heavy (non-hydrogen) atoms. The minimum atomic E-state index is -4.13. The van der Waals surface area contributed by atoms with Crippen molar-refractivity contribution in [1.29, 1.82) is 0 Å². The molecule has 0 atom stereocenters. The van der Waals surface area contributed by atoms with Gasteiger partial charge in [0.2, 0.25) is 10.0 Å². The lowest BCUT2D eigenvalue weighted by atomic mass is 10.2. The molecule has 0 saturated carbocycles. The third-order valence-corrected chi connectivity index (χ3v) is 4.45. The molecule has 0 amide bonds. The maximum atomic E-state index is 13.4. The van der Waals surface area contributed by atoms with Crippen molar-refractivity contribution >= 4 is 26.0 Å². The highest BCUT2D eigenvalue weighted by molar-refractivity contribution is 9.10. The number of hydrogen-bond donors (Lipinski definition) is 1. The number of hydrogen-bond acceptors (Lipinski definition) is 3. The zero-order chi connectivity index (χ0) is 15.6. The van der Waals surface area contributed by atoms with E-state index < -0.39 is 26.6 Å². The van der Waals surface area contributed by atoms with Gasteiger partial charge in [0.15, 0.2) is 0 Å². The van der Waals surface area contributed by atoms with Crippen LogP contribution in [0.25, 0.3) is 0 Å².